The Labute approximate surface area is 137 Å². The lowest BCUT2D eigenvalue weighted by molar-refractivity contribution is 0.297. The molecular formula is C17H22N2O3S. The van der Waals surface area contributed by atoms with Gasteiger partial charge in [-0.2, -0.15) is 4.31 Å². The Morgan fingerprint density at radius 3 is 2.43 bits per heavy atom. The van der Waals surface area contributed by atoms with Crippen molar-refractivity contribution in [2.24, 2.45) is 0 Å². The molecule has 23 heavy (non-hydrogen) atoms. The molecule has 1 aromatic heterocycles. The van der Waals surface area contributed by atoms with Crippen LogP contribution in [0.25, 0.3) is 0 Å². The predicted octanol–water partition coefficient (Wildman–Crippen LogP) is 3.43. The Bertz CT molecular complexity index is 840. The van der Waals surface area contributed by atoms with Gasteiger partial charge in [-0.3, -0.25) is 0 Å². The number of hydrogen-bond donors (Lipinski definition) is 0. The van der Waals surface area contributed by atoms with Crippen molar-refractivity contribution in [3.8, 4) is 0 Å². The normalized spacial score (nSPS) is 19.4. The first kappa shape index (κ1) is 16.2. The summed E-state index contributed by atoms with van der Waals surface area (Å²) >= 11 is 0. The van der Waals surface area contributed by atoms with Crippen molar-refractivity contribution >= 4 is 10.0 Å². The molecule has 0 amide bonds. The number of hydrogen-bond acceptors (Lipinski definition) is 4. The monoisotopic (exact) mass is 334 g/mol. The van der Waals surface area contributed by atoms with Gasteiger partial charge in [-0.15, -0.1) is 0 Å². The van der Waals surface area contributed by atoms with Crippen molar-refractivity contribution < 1.29 is 12.9 Å². The van der Waals surface area contributed by atoms with Crippen LogP contribution in [0.1, 0.15) is 47.0 Å². The van der Waals surface area contributed by atoms with Gasteiger partial charge in [0.05, 0.1) is 16.6 Å². The molecule has 0 aliphatic carbocycles. The molecule has 0 unspecified atom stereocenters. The highest BCUT2D eigenvalue weighted by molar-refractivity contribution is 7.89. The number of aromatic nitrogens is 1. The summed E-state index contributed by atoms with van der Waals surface area (Å²) < 4.78 is 33.2. The number of rotatable bonds is 3. The van der Waals surface area contributed by atoms with E-state index in [1.54, 1.807) is 10.4 Å². The lowest BCUT2D eigenvalue weighted by Gasteiger charge is -2.23. The topological polar surface area (TPSA) is 63.4 Å². The van der Waals surface area contributed by atoms with E-state index in [-0.39, 0.29) is 6.04 Å². The molecule has 0 radical (unpaired) electrons. The molecule has 0 saturated carbocycles. The van der Waals surface area contributed by atoms with Crippen LogP contribution >= 0.6 is 0 Å². The highest BCUT2D eigenvalue weighted by Gasteiger charge is 2.38. The highest BCUT2D eigenvalue weighted by Crippen LogP contribution is 2.37. The molecule has 6 heteroatoms. The average Bonchev–Trinajstić information content (AvgIpc) is 3.11. The molecule has 124 valence electrons. The van der Waals surface area contributed by atoms with Crippen molar-refractivity contribution in [1.29, 1.82) is 0 Å². The first-order chi connectivity index (χ1) is 10.8. The SMILES string of the molecule is Cc1cc([C@@H]2CCCN2S(=O)(=O)c2cc(C)c(C)cc2C)on1. The molecular weight excluding hydrogens is 312 g/mol. The molecule has 2 aromatic rings. The van der Waals surface area contributed by atoms with Gasteiger partial charge in [0, 0.05) is 12.6 Å². The van der Waals surface area contributed by atoms with Crippen LogP contribution < -0.4 is 0 Å². The Morgan fingerprint density at radius 1 is 1.09 bits per heavy atom. The lowest BCUT2D eigenvalue weighted by Crippen LogP contribution is -2.31. The Hall–Kier alpha value is -1.66. The van der Waals surface area contributed by atoms with Gasteiger partial charge >= 0.3 is 0 Å². The van der Waals surface area contributed by atoms with Gasteiger partial charge in [0.2, 0.25) is 10.0 Å². The molecule has 1 atom stereocenters. The van der Waals surface area contributed by atoms with E-state index in [2.05, 4.69) is 5.16 Å². The van der Waals surface area contributed by atoms with Crippen LogP contribution in [0.5, 0.6) is 0 Å². The lowest BCUT2D eigenvalue weighted by atomic mass is 10.1. The number of benzene rings is 1. The summed E-state index contributed by atoms with van der Waals surface area (Å²) in [6.45, 7) is 8.14. The molecule has 1 aromatic carbocycles. The molecule has 1 aliphatic rings. The summed E-state index contributed by atoms with van der Waals surface area (Å²) in [4.78, 5) is 0.392. The first-order valence-electron chi connectivity index (χ1n) is 7.83. The zero-order valence-electron chi connectivity index (χ0n) is 14.0. The smallest absolute Gasteiger partial charge is 0.244 e. The largest absolute Gasteiger partial charge is 0.359 e. The van der Waals surface area contributed by atoms with Gasteiger partial charge in [0.25, 0.3) is 0 Å². The van der Waals surface area contributed by atoms with Crippen LogP contribution in [0, 0.1) is 27.7 Å². The maximum absolute atomic E-state index is 13.2. The summed E-state index contributed by atoms with van der Waals surface area (Å²) in [5.41, 5.74) is 3.64. The van der Waals surface area contributed by atoms with Crippen LogP contribution in [0.2, 0.25) is 0 Å². The van der Waals surface area contributed by atoms with E-state index in [9.17, 15) is 8.42 Å². The van der Waals surface area contributed by atoms with Crippen LogP contribution in [0.15, 0.2) is 27.6 Å². The number of nitrogens with zero attached hydrogens (tertiary/aromatic N) is 2. The van der Waals surface area contributed by atoms with Crippen LogP contribution in [0.4, 0.5) is 0 Å². The molecule has 1 aliphatic heterocycles. The van der Waals surface area contributed by atoms with E-state index in [0.717, 1.165) is 35.2 Å². The van der Waals surface area contributed by atoms with Gasteiger partial charge in [-0.1, -0.05) is 11.2 Å². The molecule has 0 spiro atoms. The van der Waals surface area contributed by atoms with Crippen molar-refractivity contribution in [1.82, 2.24) is 9.46 Å². The standard InChI is InChI=1S/C17H22N2O3S/c1-11-8-13(3)17(9-12(11)2)23(20,21)19-7-5-6-15(19)16-10-14(4)18-22-16/h8-10,15H,5-7H2,1-4H3/t15-/m0/s1. The number of sulfonamides is 1. The summed E-state index contributed by atoms with van der Waals surface area (Å²) in [6, 6.07) is 5.28. The van der Waals surface area contributed by atoms with Crippen molar-refractivity contribution in [2.75, 3.05) is 6.54 Å². The van der Waals surface area contributed by atoms with E-state index < -0.39 is 10.0 Å². The zero-order chi connectivity index (χ0) is 16.8. The van der Waals surface area contributed by atoms with Gasteiger partial charge < -0.3 is 4.52 Å². The van der Waals surface area contributed by atoms with Gasteiger partial charge in [0.1, 0.15) is 0 Å². The summed E-state index contributed by atoms with van der Waals surface area (Å²) in [6.07, 6.45) is 1.59. The van der Waals surface area contributed by atoms with E-state index in [4.69, 9.17) is 4.52 Å². The minimum Gasteiger partial charge on any atom is -0.359 e. The maximum Gasteiger partial charge on any atom is 0.244 e. The molecule has 3 rings (SSSR count). The fourth-order valence-electron chi connectivity index (χ4n) is 3.19. The Balaban J connectivity index is 2.03. The minimum atomic E-state index is -3.55. The number of aryl methyl sites for hydroxylation is 4. The first-order valence-corrected chi connectivity index (χ1v) is 9.27. The van der Waals surface area contributed by atoms with Gasteiger partial charge in [-0.25, -0.2) is 8.42 Å². The maximum atomic E-state index is 13.2. The second-order valence-electron chi connectivity index (χ2n) is 6.35. The fraction of sp³-hybridized carbons (Fsp3) is 0.471. The van der Waals surface area contributed by atoms with E-state index in [1.807, 2.05) is 39.8 Å². The third-order valence-electron chi connectivity index (χ3n) is 4.56. The Kier molecular flexibility index (Phi) is 4.06. The highest BCUT2D eigenvalue weighted by atomic mass is 32.2. The van der Waals surface area contributed by atoms with Gasteiger partial charge in [-0.05, 0) is 63.3 Å². The van der Waals surface area contributed by atoms with E-state index in [1.165, 1.54) is 0 Å². The average molecular weight is 334 g/mol. The molecule has 1 fully saturated rings. The van der Waals surface area contributed by atoms with Crippen molar-refractivity contribution in [2.45, 2.75) is 51.5 Å². The summed E-state index contributed by atoms with van der Waals surface area (Å²) in [5.74, 6) is 0.630. The predicted molar refractivity (Wildman–Crippen MR) is 87.8 cm³/mol. The van der Waals surface area contributed by atoms with Crippen LogP contribution in [-0.4, -0.2) is 24.4 Å². The van der Waals surface area contributed by atoms with E-state index >= 15 is 0 Å². The van der Waals surface area contributed by atoms with Crippen LogP contribution in [0.3, 0.4) is 0 Å². The quantitative estimate of drug-likeness (QED) is 0.862. The van der Waals surface area contributed by atoms with E-state index in [0.29, 0.717) is 17.2 Å². The fourth-order valence-corrected chi connectivity index (χ4v) is 5.15. The van der Waals surface area contributed by atoms with Crippen LogP contribution in [-0.2, 0) is 10.0 Å². The second kappa shape index (κ2) is 5.76. The summed E-state index contributed by atoms with van der Waals surface area (Å²) in [5, 5.41) is 3.90. The molecule has 2 heterocycles. The molecule has 0 bridgehead atoms. The molecule has 1 saturated heterocycles. The third kappa shape index (κ3) is 2.81. The van der Waals surface area contributed by atoms with Gasteiger partial charge in [0.15, 0.2) is 5.76 Å². The third-order valence-corrected chi connectivity index (χ3v) is 6.61. The Morgan fingerprint density at radius 2 is 1.78 bits per heavy atom. The van der Waals surface area contributed by atoms with Crippen molar-refractivity contribution in [3.05, 3.63) is 46.3 Å². The van der Waals surface area contributed by atoms with Crippen molar-refractivity contribution in [3.63, 3.8) is 0 Å². The second-order valence-corrected chi connectivity index (χ2v) is 8.21. The minimum absolute atomic E-state index is 0.262. The zero-order valence-corrected chi connectivity index (χ0v) is 14.8. The molecule has 0 N–H and O–H groups in total. The summed E-state index contributed by atoms with van der Waals surface area (Å²) in [7, 11) is -3.55. The molecule has 5 nitrogen and oxygen atoms in total.